The Kier molecular flexibility index (Phi) is 3.96. The van der Waals surface area contributed by atoms with Gasteiger partial charge in [-0.25, -0.2) is 22.5 Å². The van der Waals surface area contributed by atoms with Gasteiger partial charge in [-0.05, 0) is 24.3 Å². The van der Waals surface area contributed by atoms with Crippen LogP contribution in [0.5, 0.6) is 0 Å². The van der Waals surface area contributed by atoms with Crippen molar-refractivity contribution in [3.63, 3.8) is 0 Å². The quantitative estimate of drug-likeness (QED) is 0.909. The van der Waals surface area contributed by atoms with E-state index in [4.69, 9.17) is 4.42 Å². The highest BCUT2D eigenvalue weighted by atomic mass is 32.2. The van der Waals surface area contributed by atoms with Crippen molar-refractivity contribution in [2.45, 2.75) is 24.8 Å². The van der Waals surface area contributed by atoms with Crippen molar-refractivity contribution in [3.05, 3.63) is 47.9 Å². The van der Waals surface area contributed by atoms with Crippen LogP contribution in [0.25, 0.3) is 0 Å². The third-order valence-corrected chi connectivity index (χ3v) is 3.90. The molecule has 0 aliphatic rings. The van der Waals surface area contributed by atoms with E-state index in [1.165, 1.54) is 12.1 Å². The van der Waals surface area contributed by atoms with Gasteiger partial charge in [0.25, 0.3) is 0 Å². The van der Waals surface area contributed by atoms with Gasteiger partial charge in [0.05, 0.1) is 17.6 Å². The molecule has 7 heteroatoms. The number of oxazole rings is 1. The Balaban J connectivity index is 2.07. The summed E-state index contributed by atoms with van der Waals surface area (Å²) in [4.78, 5) is 3.94. The van der Waals surface area contributed by atoms with Crippen LogP contribution < -0.4 is 4.72 Å². The molecule has 0 amide bonds. The molecule has 0 fully saturated rings. The molecule has 0 saturated carbocycles. The van der Waals surface area contributed by atoms with Crippen molar-refractivity contribution in [2.24, 2.45) is 0 Å². The Morgan fingerprint density at radius 2 is 2.00 bits per heavy atom. The third-order valence-electron chi connectivity index (χ3n) is 2.49. The fourth-order valence-corrected chi connectivity index (χ4v) is 2.42. The second-order valence-electron chi connectivity index (χ2n) is 3.85. The average Bonchev–Trinajstić information content (AvgIpc) is 2.85. The summed E-state index contributed by atoms with van der Waals surface area (Å²) in [7, 11) is -3.69. The van der Waals surface area contributed by atoms with Gasteiger partial charge in [-0.1, -0.05) is 6.92 Å². The second kappa shape index (κ2) is 5.50. The molecular weight excluding hydrogens is 271 g/mol. The smallest absolute Gasteiger partial charge is 0.241 e. The van der Waals surface area contributed by atoms with Crippen LogP contribution >= 0.6 is 0 Å². The Bertz CT molecular complexity index is 650. The Morgan fingerprint density at radius 3 is 2.58 bits per heavy atom. The van der Waals surface area contributed by atoms with Crippen molar-refractivity contribution in [1.82, 2.24) is 9.71 Å². The fraction of sp³-hybridized carbons (Fsp3) is 0.250. The zero-order valence-electron chi connectivity index (χ0n) is 10.3. The van der Waals surface area contributed by atoms with E-state index in [1.807, 2.05) is 6.92 Å². The molecule has 0 radical (unpaired) electrons. The molecule has 0 saturated heterocycles. The maximum absolute atomic E-state index is 12.7. The minimum Gasteiger partial charge on any atom is -0.444 e. The minimum atomic E-state index is -3.69. The molecule has 2 aromatic rings. The standard InChI is InChI=1S/C12H13FN2O3S/c1-2-10-7-14-12(18-10)8-15-19(16,17)11-5-3-9(13)4-6-11/h3-7,15H,2,8H2,1H3. The van der Waals surface area contributed by atoms with Crippen molar-refractivity contribution in [1.29, 1.82) is 0 Å². The third kappa shape index (κ3) is 3.39. The first-order valence-corrected chi connectivity index (χ1v) is 7.18. The number of rotatable bonds is 5. The van der Waals surface area contributed by atoms with Gasteiger partial charge in [0.15, 0.2) is 0 Å². The second-order valence-corrected chi connectivity index (χ2v) is 5.62. The molecule has 1 heterocycles. The highest BCUT2D eigenvalue weighted by Gasteiger charge is 2.15. The largest absolute Gasteiger partial charge is 0.444 e. The van der Waals surface area contributed by atoms with E-state index in [1.54, 1.807) is 6.20 Å². The van der Waals surface area contributed by atoms with E-state index < -0.39 is 15.8 Å². The molecule has 1 aromatic carbocycles. The van der Waals surface area contributed by atoms with Crippen LogP contribution in [0.4, 0.5) is 4.39 Å². The number of sulfonamides is 1. The number of nitrogens with one attached hydrogen (secondary N) is 1. The molecule has 0 spiro atoms. The van der Waals surface area contributed by atoms with Crippen molar-refractivity contribution >= 4 is 10.0 Å². The summed E-state index contributed by atoms with van der Waals surface area (Å²) >= 11 is 0. The molecule has 0 bridgehead atoms. The van der Waals surface area contributed by atoms with Gasteiger partial charge in [-0.15, -0.1) is 0 Å². The number of hydrogen-bond acceptors (Lipinski definition) is 4. The van der Waals surface area contributed by atoms with E-state index in [9.17, 15) is 12.8 Å². The maximum Gasteiger partial charge on any atom is 0.241 e. The summed E-state index contributed by atoms with van der Waals surface area (Å²) in [5.74, 6) is 0.498. The summed E-state index contributed by atoms with van der Waals surface area (Å²) in [5.41, 5.74) is 0. The summed E-state index contributed by atoms with van der Waals surface area (Å²) < 4.78 is 44.1. The topological polar surface area (TPSA) is 72.2 Å². The summed E-state index contributed by atoms with van der Waals surface area (Å²) in [6.45, 7) is 1.87. The van der Waals surface area contributed by atoms with Gasteiger partial charge < -0.3 is 4.42 Å². The number of hydrogen-bond donors (Lipinski definition) is 1. The van der Waals surface area contributed by atoms with Crippen molar-refractivity contribution in [3.8, 4) is 0 Å². The van der Waals surface area contributed by atoms with E-state index >= 15 is 0 Å². The van der Waals surface area contributed by atoms with Gasteiger partial charge in [0, 0.05) is 6.42 Å². The first kappa shape index (κ1) is 13.7. The van der Waals surface area contributed by atoms with Gasteiger partial charge in [-0.2, -0.15) is 0 Å². The van der Waals surface area contributed by atoms with Gasteiger partial charge in [0.2, 0.25) is 15.9 Å². The van der Waals surface area contributed by atoms with Crippen LogP contribution in [-0.4, -0.2) is 13.4 Å². The monoisotopic (exact) mass is 284 g/mol. The molecule has 2 rings (SSSR count). The molecule has 1 N–H and O–H groups in total. The highest BCUT2D eigenvalue weighted by Crippen LogP contribution is 2.11. The molecule has 0 atom stereocenters. The van der Waals surface area contributed by atoms with E-state index in [0.29, 0.717) is 18.1 Å². The first-order valence-electron chi connectivity index (χ1n) is 5.70. The number of aryl methyl sites for hydroxylation is 1. The molecule has 19 heavy (non-hydrogen) atoms. The lowest BCUT2D eigenvalue weighted by Gasteiger charge is -2.04. The summed E-state index contributed by atoms with van der Waals surface area (Å²) in [5, 5.41) is 0. The number of benzene rings is 1. The Morgan fingerprint density at radius 1 is 1.32 bits per heavy atom. The minimum absolute atomic E-state index is 0.00355. The lowest BCUT2D eigenvalue weighted by atomic mass is 10.4. The van der Waals surface area contributed by atoms with Crippen LogP contribution in [0.1, 0.15) is 18.6 Å². The first-order chi connectivity index (χ1) is 9.01. The summed E-state index contributed by atoms with van der Waals surface area (Å²) in [6, 6.07) is 4.58. The Labute approximate surface area is 110 Å². The van der Waals surface area contributed by atoms with E-state index in [-0.39, 0.29) is 11.4 Å². The SMILES string of the molecule is CCc1cnc(CNS(=O)(=O)c2ccc(F)cc2)o1. The molecule has 0 aliphatic carbocycles. The predicted octanol–water partition coefficient (Wildman–Crippen LogP) is 1.85. The lowest BCUT2D eigenvalue weighted by molar-refractivity contribution is 0.452. The van der Waals surface area contributed by atoms with Crippen LogP contribution in [0.3, 0.4) is 0 Å². The highest BCUT2D eigenvalue weighted by molar-refractivity contribution is 7.89. The number of nitrogens with zero attached hydrogens (tertiary/aromatic N) is 1. The van der Waals surface area contributed by atoms with Crippen molar-refractivity contribution < 1.29 is 17.2 Å². The van der Waals surface area contributed by atoms with Crippen LogP contribution in [0.15, 0.2) is 39.8 Å². The zero-order chi connectivity index (χ0) is 13.9. The predicted molar refractivity (Wildman–Crippen MR) is 66.3 cm³/mol. The molecule has 0 aliphatic heterocycles. The number of halogens is 1. The van der Waals surface area contributed by atoms with Gasteiger partial charge >= 0.3 is 0 Å². The van der Waals surface area contributed by atoms with Crippen LogP contribution in [0, 0.1) is 5.82 Å². The van der Waals surface area contributed by atoms with E-state index in [0.717, 1.165) is 12.1 Å². The molecule has 1 aromatic heterocycles. The summed E-state index contributed by atoms with van der Waals surface area (Å²) in [6.07, 6.45) is 2.25. The maximum atomic E-state index is 12.7. The molecule has 0 unspecified atom stereocenters. The normalized spacial score (nSPS) is 11.7. The molecule has 102 valence electrons. The molecule has 5 nitrogen and oxygen atoms in total. The van der Waals surface area contributed by atoms with Gasteiger partial charge in [-0.3, -0.25) is 0 Å². The lowest BCUT2D eigenvalue weighted by Crippen LogP contribution is -2.23. The molecular formula is C12H13FN2O3S. The Hall–Kier alpha value is -1.73. The van der Waals surface area contributed by atoms with E-state index in [2.05, 4.69) is 9.71 Å². The average molecular weight is 284 g/mol. The zero-order valence-corrected chi connectivity index (χ0v) is 11.1. The van der Waals surface area contributed by atoms with Crippen molar-refractivity contribution in [2.75, 3.05) is 0 Å². The van der Waals surface area contributed by atoms with Crippen LogP contribution in [0.2, 0.25) is 0 Å². The fourth-order valence-electron chi connectivity index (χ4n) is 1.45. The van der Waals surface area contributed by atoms with Gasteiger partial charge in [0.1, 0.15) is 11.6 Å². The number of aromatic nitrogens is 1. The van der Waals surface area contributed by atoms with Crippen LogP contribution in [-0.2, 0) is 23.0 Å².